The number of pyridine rings is 1. The number of hydrogen-bond donors (Lipinski definition) is 3. The maximum Gasteiger partial charge on any atom is 0.341 e. The molecule has 2 heterocycles. The lowest BCUT2D eigenvalue weighted by Gasteiger charge is -2.28. The number of nitriles is 1. The van der Waals surface area contributed by atoms with E-state index in [4.69, 9.17) is 11.0 Å². The van der Waals surface area contributed by atoms with Gasteiger partial charge in [0.15, 0.2) is 0 Å². The van der Waals surface area contributed by atoms with Crippen LogP contribution in [0, 0.1) is 36.0 Å². The number of carboxylic acids is 1. The highest BCUT2D eigenvalue weighted by Crippen LogP contribution is 2.51. The topological polar surface area (TPSA) is 123 Å². The van der Waals surface area contributed by atoms with E-state index in [1.165, 1.54) is 17.4 Å². The molecule has 2 aromatic rings. The minimum atomic E-state index is -1.20. The fourth-order valence-corrected chi connectivity index (χ4v) is 6.12. The number of H-pyrrole nitrogens is 1. The second-order valence-electron chi connectivity index (χ2n) is 9.57. The summed E-state index contributed by atoms with van der Waals surface area (Å²) in [4.78, 5) is 29.8. The quantitative estimate of drug-likeness (QED) is 0.683. The van der Waals surface area contributed by atoms with Crippen molar-refractivity contribution in [2.45, 2.75) is 51.0 Å². The lowest BCUT2D eigenvalue weighted by atomic mass is 9.86. The fraction of sp³-hybridized carbons (Fsp3) is 0.542. The fourth-order valence-electron chi connectivity index (χ4n) is 6.12. The Morgan fingerprint density at radius 2 is 2.13 bits per heavy atom. The van der Waals surface area contributed by atoms with Crippen molar-refractivity contribution in [3.63, 3.8) is 0 Å². The van der Waals surface area contributed by atoms with Crippen LogP contribution in [0.25, 0.3) is 10.9 Å². The van der Waals surface area contributed by atoms with Crippen molar-refractivity contribution in [2.75, 3.05) is 18.0 Å². The molecule has 0 amide bonds. The Morgan fingerprint density at radius 3 is 2.81 bits per heavy atom. The van der Waals surface area contributed by atoms with Crippen LogP contribution in [0.4, 0.5) is 5.69 Å². The molecule has 7 heteroatoms. The van der Waals surface area contributed by atoms with Crippen molar-refractivity contribution in [3.8, 4) is 6.07 Å². The van der Waals surface area contributed by atoms with E-state index in [1.54, 1.807) is 0 Å². The highest BCUT2D eigenvalue weighted by Gasteiger charge is 2.45. The third-order valence-corrected chi connectivity index (χ3v) is 7.78. The first-order valence-corrected chi connectivity index (χ1v) is 11.2. The first kappa shape index (κ1) is 20.1. The van der Waals surface area contributed by atoms with Gasteiger partial charge in [-0.3, -0.25) is 4.79 Å². The lowest BCUT2D eigenvalue weighted by Crippen LogP contribution is -2.35. The van der Waals surface area contributed by atoms with Gasteiger partial charge in [-0.15, -0.1) is 0 Å². The van der Waals surface area contributed by atoms with Crippen molar-refractivity contribution in [3.05, 3.63) is 39.2 Å². The summed E-state index contributed by atoms with van der Waals surface area (Å²) in [5.74, 6) is 0.704. The van der Waals surface area contributed by atoms with Gasteiger partial charge in [0, 0.05) is 36.4 Å². The van der Waals surface area contributed by atoms with Gasteiger partial charge >= 0.3 is 5.97 Å². The summed E-state index contributed by atoms with van der Waals surface area (Å²) in [5, 5.41) is 18.9. The summed E-state index contributed by atoms with van der Waals surface area (Å²) in [6.45, 7) is 3.94. The van der Waals surface area contributed by atoms with Crippen molar-refractivity contribution in [2.24, 2.45) is 23.5 Å². The average molecular weight is 421 g/mol. The number of anilines is 1. The monoisotopic (exact) mass is 420 g/mol. The predicted octanol–water partition coefficient (Wildman–Crippen LogP) is 3.12. The van der Waals surface area contributed by atoms with Crippen LogP contribution < -0.4 is 16.1 Å². The first-order chi connectivity index (χ1) is 14.9. The number of carbonyl (C=O) groups is 1. The number of nitrogens with zero attached hydrogens (tertiary/aromatic N) is 2. The van der Waals surface area contributed by atoms with Gasteiger partial charge in [0.2, 0.25) is 5.43 Å². The van der Waals surface area contributed by atoms with Crippen LogP contribution in [0.3, 0.4) is 0 Å². The molecule has 3 aliphatic rings. The first-order valence-electron chi connectivity index (χ1n) is 11.2. The highest BCUT2D eigenvalue weighted by molar-refractivity contribution is 5.95. The van der Waals surface area contributed by atoms with Gasteiger partial charge in [0.25, 0.3) is 0 Å². The number of hydrogen-bond acceptors (Lipinski definition) is 5. The molecule has 2 aliphatic carbocycles. The predicted molar refractivity (Wildman–Crippen MR) is 118 cm³/mol. The molecule has 4 N–H and O–H groups in total. The highest BCUT2D eigenvalue weighted by atomic mass is 16.4. The Balaban J connectivity index is 1.56. The number of aryl methyl sites for hydroxylation is 1. The molecule has 162 valence electrons. The molecule has 0 spiro atoms. The molecule has 1 saturated heterocycles. The number of aromatic amines is 1. The third kappa shape index (κ3) is 3.21. The van der Waals surface area contributed by atoms with E-state index in [2.05, 4.69) is 16.0 Å². The van der Waals surface area contributed by atoms with Crippen LogP contribution in [0.1, 0.15) is 59.5 Å². The minimum Gasteiger partial charge on any atom is -0.477 e. The Labute approximate surface area is 180 Å². The number of fused-ring (bicyclic) bond motifs is 2. The molecule has 0 bridgehead atoms. The van der Waals surface area contributed by atoms with Gasteiger partial charge < -0.3 is 20.7 Å². The number of nitrogens with two attached hydrogens (primary N) is 1. The molecule has 0 radical (unpaired) electrons. The van der Waals surface area contributed by atoms with Crippen LogP contribution in [-0.4, -0.2) is 35.2 Å². The Hall–Kier alpha value is -2.85. The van der Waals surface area contributed by atoms with Crippen molar-refractivity contribution < 1.29 is 9.90 Å². The normalized spacial score (nSPS) is 26.1. The molecular weight excluding hydrogens is 392 g/mol. The molecule has 1 aromatic carbocycles. The standard InChI is InChI=1S/C24H28N4O3/c1-12-21-17(23(29)18(9-27-21)24(30)31)8-16(13-2-3-13)22(12)28-10-14-4-5-15(19(14)11-28)20(26)6-7-25/h8-9,13-15,19-20H,2-6,10-11,26H2,1H3,(H,27,29)(H,30,31). The van der Waals surface area contributed by atoms with Crippen molar-refractivity contribution >= 4 is 22.6 Å². The van der Waals surface area contributed by atoms with Crippen LogP contribution in [0.15, 0.2) is 17.1 Å². The van der Waals surface area contributed by atoms with Gasteiger partial charge in [0.05, 0.1) is 18.0 Å². The minimum absolute atomic E-state index is 0.0636. The SMILES string of the molecule is Cc1c(N2CC3CCC(C(N)CC#N)C3C2)c(C2CC2)cc2c(=O)c(C(=O)O)c[nH]c12. The number of nitrogens with one attached hydrogen (secondary N) is 1. The second-order valence-corrected chi connectivity index (χ2v) is 9.57. The Bertz CT molecular complexity index is 1160. The van der Waals surface area contributed by atoms with E-state index in [-0.39, 0.29) is 11.6 Å². The van der Waals surface area contributed by atoms with Crippen molar-refractivity contribution in [1.82, 2.24) is 4.98 Å². The zero-order chi connectivity index (χ0) is 21.9. The summed E-state index contributed by atoms with van der Waals surface area (Å²) in [7, 11) is 0. The molecule has 3 fully saturated rings. The van der Waals surface area contributed by atoms with Gasteiger partial charge in [-0.05, 0) is 73.5 Å². The number of carboxylic acid groups (broad SMARTS) is 1. The van der Waals surface area contributed by atoms with Gasteiger partial charge in [0.1, 0.15) is 5.56 Å². The van der Waals surface area contributed by atoms with Gasteiger partial charge in [-0.2, -0.15) is 5.26 Å². The molecule has 4 unspecified atom stereocenters. The molecule has 5 rings (SSSR count). The molecule has 4 atom stereocenters. The molecule has 7 nitrogen and oxygen atoms in total. The second kappa shape index (κ2) is 7.38. The maximum absolute atomic E-state index is 12.8. The van der Waals surface area contributed by atoms with Gasteiger partial charge in [-0.25, -0.2) is 4.79 Å². The Kier molecular flexibility index (Phi) is 4.78. The van der Waals surface area contributed by atoms with Crippen LogP contribution in [0.5, 0.6) is 0 Å². The zero-order valence-corrected chi connectivity index (χ0v) is 17.7. The third-order valence-electron chi connectivity index (χ3n) is 7.78. The lowest BCUT2D eigenvalue weighted by molar-refractivity contribution is 0.0695. The zero-order valence-electron chi connectivity index (χ0n) is 17.7. The molecule has 31 heavy (non-hydrogen) atoms. The Morgan fingerprint density at radius 1 is 1.35 bits per heavy atom. The van der Waals surface area contributed by atoms with E-state index >= 15 is 0 Å². The number of benzene rings is 1. The summed E-state index contributed by atoms with van der Waals surface area (Å²) in [5.41, 5.74) is 9.84. The molecule has 1 aliphatic heterocycles. The summed E-state index contributed by atoms with van der Waals surface area (Å²) in [6, 6.07) is 4.11. The number of rotatable bonds is 5. The largest absolute Gasteiger partial charge is 0.477 e. The molecule has 2 saturated carbocycles. The van der Waals surface area contributed by atoms with Crippen molar-refractivity contribution in [1.29, 1.82) is 5.26 Å². The average Bonchev–Trinajstić information content (AvgIpc) is 3.37. The van der Waals surface area contributed by atoms with E-state index < -0.39 is 11.4 Å². The number of aromatic nitrogens is 1. The summed E-state index contributed by atoms with van der Waals surface area (Å²) >= 11 is 0. The summed E-state index contributed by atoms with van der Waals surface area (Å²) < 4.78 is 0. The molecular formula is C24H28N4O3. The van der Waals surface area contributed by atoms with E-state index in [0.29, 0.717) is 35.5 Å². The van der Waals surface area contributed by atoms with E-state index in [0.717, 1.165) is 49.9 Å². The summed E-state index contributed by atoms with van der Waals surface area (Å²) in [6.07, 6.45) is 6.17. The number of aromatic carboxylic acids is 1. The molecule has 1 aromatic heterocycles. The van der Waals surface area contributed by atoms with E-state index in [1.807, 2.05) is 13.0 Å². The maximum atomic E-state index is 12.8. The van der Waals surface area contributed by atoms with Crippen LogP contribution in [-0.2, 0) is 0 Å². The smallest absolute Gasteiger partial charge is 0.341 e. The van der Waals surface area contributed by atoms with Gasteiger partial charge in [-0.1, -0.05) is 0 Å². The van der Waals surface area contributed by atoms with Crippen LogP contribution >= 0.6 is 0 Å². The van der Waals surface area contributed by atoms with Crippen LogP contribution in [0.2, 0.25) is 0 Å². The van der Waals surface area contributed by atoms with E-state index in [9.17, 15) is 14.7 Å².